The predicted octanol–water partition coefficient (Wildman–Crippen LogP) is 3.35. The van der Waals surface area contributed by atoms with Gasteiger partial charge in [-0.2, -0.15) is 0 Å². The maximum atomic E-state index is 12.1. The van der Waals surface area contributed by atoms with E-state index in [-0.39, 0.29) is 5.91 Å². The normalized spacial score (nSPS) is 15.2. The monoisotopic (exact) mass is 347 g/mol. The minimum absolute atomic E-state index is 0.0580. The molecule has 1 aromatic carbocycles. The molecule has 2 nitrogen and oxygen atoms in total. The molecule has 1 aliphatic heterocycles. The van der Waals surface area contributed by atoms with E-state index in [2.05, 4.69) is 28.7 Å². The first-order chi connectivity index (χ1) is 7.68. The fourth-order valence-electron chi connectivity index (χ4n) is 1.64. The van der Waals surface area contributed by atoms with Crippen molar-refractivity contribution < 1.29 is 4.79 Å². The molecular formula is C12H11ClINO. The van der Waals surface area contributed by atoms with E-state index in [0.29, 0.717) is 17.1 Å². The molecule has 0 aromatic heterocycles. The quantitative estimate of drug-likeness (QED) is 0.563. The Morgan fingerprint density at radius 2 is 2.19 bits per heavy atom. The van der Waals surface area contributed by atoms with Crippen molar-refractivity contribution in [2.45, 2.75) is 6.42 Å². The molecule has 0 unspecified atom stereocenters. The number of hydrogen-bond donors (Lipinski definition) is 0. The second kappa shape index (κ2) is 5.19. The van der Waals surface area contributed by atoms with Crippen molar-refractivity contribution >= 4 is 40.1 Å². The average Bonchev–Trinajstić information content (AvgIpc) is 2.33. The smallest absolute Gasteiger partial charge is 0.254 e. The highest BCUT2D eigenvalue weighted by atomic mass is 127. The first kappa shape index (κ1) is 11.9. The average molecular weight is 348 g/mol. The van der Waals surface area contributed by atoms with Crippen molar-refractivity contribution in [2.75, 3.05) is 13.1 Å². The van der Waals surface area contributed by atoms with Crippen LogP contribution in [0.5, 0.6) is 0 Å². The summed E-state index contributed by atoms with van der Waals surface area (Å²) in [6.45, 7) is 1.49. The van der Waals surface area contributed by atoms with Crippen LogP contribution in [-0.2, 0) is 0 Å². The zero-order valence-electron chi connectivity index (χ0n) is 8.62. The second-order valence-corrected chi connectivity index (χ2v) is 5.21. The Kier molecular flexibility index (Phi) is 3.86. The molecule has 1 aromatic rings. The van der Waals surface area contributed by atoms with Crippen LogP contribution in [0.3, 0.4) is 0 Å². The third-order valence-electron chi connectivity index (χ3n) is 2.51. The predicted molar refractivity (Wildman–Crippen MR) is 73.8 cm³/mol. The molecule has 0 N–H and O–H groups in total. The standard InChI is InChI=1S/C12H11ClINO/c13-10-8-9(4-5-11(10)14)12(16)15-6-2-1-3-7-15/h1-2,4-5,8H,3,6-7H2. The van der Waals surface area contributed by atoms with Crippen molar-refractivity contribution in [1.82, 2.24) is 4.90 Å². The van der Waals surface area contributed by atoms with Crippen molar-refractivity contribution in [2.24, 2.45) is 0 Å². The lowest BCUT2D eigenvalue weighted by Gasteiger charge is -2.23. The van der Waals surface area contributed by atoms with Crippen LogP contribution in [0.1, 0.15) is 16.8 Å². The Balaban J connectivity index is 2.20. The zero-order valence-corrected chi connectivity index (χ0v) is 11.5. The minimum Gasteiger partial charge on any atom is -0.335 e. The summed E-state index contributed by atoms with van der Waals surface area (Å²) in [7, 11) is 0. The van der Waals surface area contributed by atoms with Crippen LogP contribution in [-0.4, -0.2) is 23.9 Å². The van der Waals surface area contributed by atoms with Crippen molar-refractivity contribution in [1.29, 1.82) is 0 Å². The van der Waals surface area contributed by atoms with Gasteiger partial charge in [0.1, 0.15) is 0 Å². The van der Waals surface area contributed by atoms with Gasteiger partial charge in [-0.05, 0) is 47.2 Å². The molecule has 0 atom stereocenters. The summed E-state index contributed by atoms with van der Waals surface area (Å²) in [5, 5.41) is 0.638. The number of benzene rings is 1. The summed E-state index contributed by atoms with van der Waals surface area (Å²) in [5.41, 5.74) is 0.667. The van der Waals surface area contributed by atoms with E-state index >= 15 is 0 Å². The fraction of sp³-hybridized carbons (Fsp3) is 0.250. The summed E-state index contributed by atoms with van der Waals surface area (Å²) in [5.74, 6) is 0.0580. The Bertz CT molecular complexity index is 445. The number of nitrogens with zero attached hydrogens (tertiary/aromatic N) is 1. The van der Waals surface area contributed by atoms with Gasteiger partial charge in [0.05, 0.1) is 5.02 Å². The maximum absolute atomic E-state index is 12.1. The Morgan fingerprint density at radius 1 is 1.38 bits per heavy atom. The maximum Gasteiger partial charge on any atom is 0.254 e. The summed E-state index contributed by atoms with van der Waals surface area (Å²) < 4.78 is 0.967. The summed E-state index contributed by atoms with van der Waals surface area (Å²) in [4.78, 5) is 13.9. The van der Waals surface area contributed by atoms with Gasteiger partial charge in [0, 0.05) is 22.2 Å². The zero-order chi connectivity index (χ0) is 11.5. The fourth-order valence-corrected chi connectivity index (χ4v) is 2.15. The van der Waals surface area contributed by atoms with E-state index in [4.69, 9.17) is 11.6 Å². The van der Waals surface area contributed by atoms with Gasteiger partial charge in [-0.3, -0.25) is 4.79 Å². The van der Waals surface area contributed by atoms with E-state index in [1.54, 1.807) is 6.07 Å². The number of hydrogen-bond acceptors (Lipinski definition) is 1. The molecule has 1 heterocycles. The van der Waals surface area contributed by atoms with Gasteiger partial charge in [0.25, 0.3) is 5.91 Å². The minimum atomic E-state index is 0.0580. The SMILES string of the molecule is O=C(c1ccc(I)c(Cl)c1)N1CC=CCC1. The Hall–Kier alpha value is -0.550. The van der Waals surface area contributed by atoms with Gasteiger partial charge in [0.2, 0.25) is 0 Å². The lowest BCUT2D eigenvalue weighted by atomic mass is 10.1. The third kappa shape index (κ3) is 2.58. The number of carbonyl (C=O) groups is 1. The highest BCUT2D eigenvalue weighted by Crippen LogP contribution is 2.20. The Morgan fingerprint density at radius 3 is 2.81 bits per heavy atom. The van der Waals surface area contributed by atoms with E-state index in [1.165, 1.54) is 0 Å². The summed E-state index contributed by atoms with van der Waals surface area (Å²) in [6.07, 6.45) is 5.06. The van der Waals surface area contributed by atoms with Crippen molar-refractivity contribution in [3.8, 4) is 0 Å². The lowest BCUT2D eigenvalue weighted by Crippen LogP contribution is -2.33. The number of halogens is 2. The molecule has 16 heavy (non-hydrogen) atoms. The molecule has 1 amide bonds. The molecular weight excluding hydrogens is 336 g/mol. The lowest BCUT2D eigenvalue weighted by molar-refractivity contribution is 0.0771. The summed E-state index contributed by atoms with van der Waals surface area (Å²) >= 11 is 8.16. The van der Waals surface area contributed by atoms with Gasteiger partial charge in [-0.1, -0.05) is 23.8 Å². The number of carbonyl (C=O) groups excluding carboxylic acids is 1. The van der Waals surface area contributed by atoms with Gasteiger partial charge in [-0.25, -0.2) is 0 Å². The van der Waals surface area contributed by atoms with Gasteiger partial charge in [0.15, 0.2) is 0 Å². The highest BCUT2D eigenvalue weighted by molar-refractivity contribution is 14.1. The van der Waals surface area contributed by atoms with Crippen LogP contribution in [0, 0.1) is 3.57 Å². The molecule has 0 radical (unpaired) electrons. The third-order valence-corrected chi connectivity index (χ3v) is 4.08. The molecule has 0 saturated carbocycles. The van der Waals surface area contributed by atoms with Gasteiger partial charge in [-0.15, -0.1) is 0 Å². The first-order valence-electron chi connectivity index (χ1n) is 5.08. The molecule has 2 rings (SSSR count). The molecule has 0 fully saturated rings. The van der Waals surface area contributed by atoms with Crippen LogP contribution in [0.15, 0.2) is 30.4 Å². The Labute approximate surface area is 113 Å². The van der Waals surface area contributed by atoms with E-state index in [9.17, 15) is 4.79 Å². The molecule has 0 bridgehead atoms. The number of amides is 1. The topological polar surface area (TPSA) is 20.3 Å². The first-order valence-corrected chi connectivity index (χ1v) is 6.53. The molecule has 0 aliphatic carbocycles. The molecule has 0 spiro atoms. The van der Waals surface area contributed by atoms with Gasteiger partial charge >= 0.3 is 0 Å². The van der Waals surface area contributed by atoms with Crippen LogP contribution in [0.25, 0.3) is 0 Å². The number of rotatable bonds is 1. The second-order valence-electron chi connectivity index (χ2n) is 3.64. The molecule has 84 valence electrons. The summed E-state index contributed by atoms with van der Waals surface area (Å²) in [6, 6.07) is 5.44. The van der Waals surface area contributed by atoms with Crippen LogP contribution >= 0.6 is 34.2 Å². The van der Waals surface area contributed by atoms with Crippen LogP contribution in [0.4, 0.5) is 0 Å². The van der Waals surface area contributed by atoms with Crippen molar-refractivity contribution in [3.05, 3.63) is 44.5 Å². The van der Waals surface area contributed by atoms with E-state index in [0.717, 1.165) is 16.5 Å². The van der Waals surface area contributed by atoms with Crippen molar-refractivity contribution in [3.63, 3.8) is 0 Å². The largest absolute Gasteiger partial charge is 0.335 e. The molecule has 0 saturated heterocycles. The highest BCUT2D eigenvalue weighted by Gasteiger charge is 2.16. The van der Waals surface area contributed by atoms with E-state index in [1.807, 2.05) is 23.1 Å². The van der Waals surface area contributed by atoms with Gasteiger partial charge < -0.3 is 4.90 Å². The molecule has 1 aliphatic rings. The van der Waals surface area contributed by atoms with Crippen LogP contribution < -0.4 is 0 Å². The van der Waals surface area contributed by atoms with E-state index < -0.39 is 0 Å². The molecule has 4 heteroatoms. The van der Waals surface area contributed by atoms with Crippen LogP contribution in [0.2, 0.25) is 5.02 Å².